The first kappa shape index (κ1) is 36.3. The highest BCUT2D eigenvalue weighted by atomic mass is 32.2. The lowest BCUT2D eigenvalue weighted by molar-refractivity contribution is -0.114. The minimum Gasteiger partial charge on any atom is -0.465 e. The highest BCUT2D eigenvalue weighted by Crippen LogP contribution is 2.29. The number of aromatic nitrogens is 1. The van der Waals surface area contributed by atoms with E-state index in [0.717, 1.165) is 31.5 Å². The Bertz CT molecular complexity index is 1640. The van der Waals surface area contributed by atoms with Gasteiger partial charge in [0.25, 0.3) is 0 Å². The molecule has 0 aliphatic carbocycles. The van der Waals surface area contributed by atoms with Crippen LogP contribution in [0.1, 0.15) is 70.2 Å². The molecule has 1 heterocycles. The molecule has 1 aromatic heterocycles. The lowest BCUT2D eigenvalue weighted by Crippen LogP contribution is -2.66. The summed E-state index contributed by atoms with van der Waals surface area (Å²) in [7, 11) is -3.37. The van der Waals surface area contributed by atoms with Crippen LogP contribution in [0.3, 0.4) is 0 Å². The molecule has 0 unspecified atom stereocenters. The molecule has 3 aromatic rings. The van der Waals surface area contributed by atoms with Gasteiger partial charge in [-0.25, -0.2) is 23.0 Å². The van der Waals surface area contributed by atoms with E-state index in [-0.39, 0.29) is 10.8 Å². The first-order valence-electron chi connectivity index (χ1n) is 14.6. The molecule has 14 heteroatoms. The summed E-state index contributed by atoms with van der Waals surface area (Å²) in [6, 6.07) is 14.1. The van der Waals surface area contributed by atoms with Crippen LogP contribution in [-0.4, -0.2) is 75.1 Å². The van der Waals surface area contributed by atoms with Crippen molar-refractivity contribution in [2.45, 2.75) is 90.0 Å². The smallest absolute Gasteiger partial charge is 0.410 e. The number of hydrogen-bond acceptors (Lipinski definition) is 8. The average Bonchev–Trinajstić information content (AvgIpc) is 3.25. The molecule has 12 nitrogen and oxygen atoms in total. The Morgan fingerprint density at radius 3 is 1.93 bits per heavy atom. The lowest BCUT2D eigenvalue weighted by Gasteiger charge is -2.48. The summed E-state index contributed by atoms with van der Waals surface area (Å²) in [5.41, 5.74) is 1.24. The Balaban J connectivity index is 1.86. The third-order valence-electron chi connectivity index (χ3n) is 7.00. The molecule has 46 heavy (non-hydrogen) atoms. The van der Waals surface area contributed by atoms with E-state index in [1.807, 2.05) is 18.2 Å². The van der Waals surface area contributed by atoms with Crippen molar-refractivity contribution in [1.29, 1.82) is 0 Å². The number of carbonyl (C=O) groups is 3. The van der Waals surface area contributed by atoms with Gasteiger partial charge in [-0.2, -0.15) is 0 Å². The fraction of sp³-hybridized carbons (Fsp3) is 0.438. The van der Waals surface area contributed by atoms with E-state index < -0.39 is 39.4 Å². The maximum Gasteiger partial charge on any atom is 0.410 e. The van der Waals surface area contributed by atoms with Gasteiger partial charge in [-0.15, -0.1) is 11.3 Å². The Morgan fingerprint density at radius 1 is 0.891 bits per heavy atom. The lowest BCUT2D eigenvalue weighted by atomic mass is 10.0. The number of sulfone groups is 1. The molecule has 0 fully saturated rings. The zero-order valence-corrected chi connectivity index (χ0v) is 29.0. The number of amides is 3. The van der Waals surface area contributed by atoms with Crippen molar-refractivity contribution in [1.82, 2.24) is 14.8 Å². The number of carboxylic acid groups (broad SMARTS) is 2. The molecule has 250 valence electrons. The van der Waals surface area contributed by atoms with Crippen molar-refractivity contribution in [3.63, 3.8) is 0 Å². The quantitative estimate of drug-likeness (QED) is 0.175. The standard InChI is InChI=1S/C32H43N5O7S2/c1-20(38)33-27-35-25(26(45-27)19-22-10-9-11-24(18-22)46(8,43)44)17-14-21-12-15-23(16-13-21)34-28(36(29(39)40)31(2,3)4)37(30(41)42)32(5,6)7/h9-13,15-16,18,28,34H,14,17,19H2,1-8H3,(H,39,40)(H,41,42)(H,33,35,38). The van der Waals surface area contributed by atoms with E-state index in [1.165, 1.54) is 24.5 Å². The molecule has 0 saturated heterocycles. The van der Waals surface area contributed by atoms with Gasteiger partial charge in [-0.3, -0.25) is 14.6 Å². The van der Waals surface area contributed by atoms with Crippen molar-refractivity contribution >= 4 is 50.1 Å². The highest BCUT2D eigenvalue weighted by Gasteiger charge is 2.43. The van der Waals surface area contributed by atoms with Crippen molar-refractivity contribution in [3.05, 3.63) is 70.2 Å². The number of hydrogen-bond donors (Lipinski definition) is 4. The first-order chi connectivity index (χ1) is 21.2. The van der Waals surface area contributed by atoms with Crippen LogP contribution in [0, 0.1) is 0 Å². The molecule has 0 bridgehead atoms. The molecule has 0 saturated carbocycles. The number of benzene rings is 2. The van der Waals surface area contributed by atoms with Gasteiger partial charge in [0.15, 0.2) is 21.3 Å². The van der Waals surface area contributed by atoms with Crippen molar-refractivity contribution < 1.29 is 33.0 Å². The number of nitrogens with one attached hydrogen (secondary N) is 2. The zero-order valence-electron chi connectivity index (χ0n) is 27.4. The van der Waals surface area contributed by atoms with Gasteiger partial charge in [-0.05, 0) is 89.8 Å². The van der Waals surface area contributed by atoms with E-state index >= 15 is 0 Å². The predicted octanol–water partition coefficient (Wildman–Crippen LogP) is 6.13. The molecular formula is C32H43N5O7S2. The van der Waals surface area contributed by atoms with Gasteiger partial charge in [0.1, 0.15) is 0 Å². The van der Waals surface area contributed by atoms with Gasteiger partial charge in [-0.1, -0.05) is 24.3 Å². The molecule has 0 aliphatic rings. The van der Waals surface area contributed by atoms with Gasteiger partial charge in [0, 0.05) is 41.2 Å². The summed E-state index contributed by atoms with van der Waals surface area (Å²) < 4.78 is 24.1. The van der Waals surface area contributed by atoms with Crippen molar-refractivity contribution in [2.75, 3.05) is 16.9 Å². The molecule has 3 amide bonds. The molecule has 2 aromatic carbocycles. The summed E-state index contributed by atoms with van der Waals surface area (Å²) >= 11 is 1.35. The van der Waals surface area contributed by atoms with Gasteiger partial charge >= 0.3 is 12.2 Å². The van der Waals surface area contributed by atoms with E-state index in [9.17, 15) is 33.0 Å². The fourth-order valence-electron chi connectivity index (χ4n) is 4.93. The predicted molar refractivity (Wildman–Crippen MR) is 179 cm³/mol. The van der Waals surface area contributed by atoms with Crippen LogP contribution in [0.5, 0.6) is 0 Å². The summed E-state index contributed by atoms with van der Waals surface area (Å²) in [4.78, 5) is 44.4. The maximum absolute atomic E-state index is 12.4. The third kappa shape index (κ3) is 9.66. The fourth-order valence-corrected chi connectivity index (χ4v) is 6.71. The summed E-state index contributed by atoms with van der Waals surface area (Å²) in [6.45, 7) is 11.6. The largest absolute Gasteiger partial charge is 0.465 e. The number of anilines is 2. The highest BCUT2D eigenvalue weighted by molar-refractivity contribution is 7.90. The first-order valence-corrected chi connectivity index (χ1v) is 17.3. The number of rotatable bonds is 11. The second-order valence-electron chi connectivity index (χ2n) is 13.0. The van der Waals surface area contributed by atoms with Crippen LogP contribution >= 0.6 is 11.3 Å². The normalized spacial score (nSPS) is 12.1. The van der Waals surface area contributed by atoms with Crippen LogP contribution in [-0.2, 0) is 33.9 Å². The van der Waals surface area contributed by atoms with Crippen molar-refractivity contribution in [2.24, 2.45) is 0 Å². The van der Waals surface area contributed by atoms with E-state index in [2.05, 4.69) is 15.6 Å². The minimum absolute atomic E-state index is 0.233. The number of thiazole rings is 1. The number of carbonyl (C=O) groups excluding carboxylic acids is 1. The van der Waals surface area contributed by atoms with Gasteiger partial charge in [0.05, 0.1) is 10.6 Å². The second kappa shape index (κ2) is 14.1. The number of aryl methyl sites for hydroxylation is 2. The molecular weight excluding hydrogens is 631 g/mol. The van der Waals surface area contributed by atoms with Gasteiger partial charge in [0.2, 0.25) is 5.91 Å². The van der Waals surface area contributed by atoms with E-state index in [0.29, 0.717) is 30.1 Å². The summed E-state index contributed by atoms with van der Waals surface area (Å²) in [5, 5.41) is 26.5. The average molecular weight is 674 g/mol. The van der Waals surface area contributed by atoms with Crippen molar-refractivity contribution in [3.8, 4) is 0 Å². The monoisotopic (exact) mass is 673 g/mol. The van der Waals surface area contributed by atoms with E-state index in [4.69, 9.17) is 0 Å². The minimum atomic E-state index is -3.37. The third-order valence-corrected chi connectivity index (χ3v) is 9.12. The Hall–Kier alpha value is -4.17. The topological polar surface area (TPSA) is 169 Å². The SMILES string of the molecule is CC(=O)Nc1nc(CCc2ccc(NC(N(C(=O)O)C(C)(C)C)N(C(=O)O)C(C)(C)C)cc2)c(Cc2cccc(S(C)(=O)=O)c2)s1. The molecule has 4 N–H and O–H groups in total. The van der Waals surface area contributed by atoms with Crippen LogP contribution in [0.2, 0.25) is 0 Å². The molecule has 0 spiro atoms. The number of nitrogens with zero attached hydrogens (tertiary/aromatic N) is 3. The molecule has 0 aliphatic heterocycles. The van der Waals surface area contributed by atoms with Crippen LogP contribution in [0.4, 0.5) is 20.4 Å². The summed E-state index contributed by atoms with van der Waals surface area (Å²) in [6.07, 6.45) is -1.00. The maximum atomic E-state index is 12.4. The Labute approximate surface area is 274 Å². The molecule has 3 rings (SSSR count). The second-order valence-corrected chi connectivity index (χ2v) is 16.1. The Kier molecular flexibility index (Phi) is 11.1. The van der Waals surface area contributed by atoms with Gasteiger partial charge < -0.3 is 20.8 Å². The van der Waals surface area contributed by atoms with Crippen LogP contribution < -0.4 is 10.6 Å². The van der Waals surface area contributed by atoms with Crippen LogP contribution in [0.25, 0.3) is 0 Å². The zero-order chi connectivity index (χ0) is 34.6. The van der Waals surface area contributed by atoms with Crippen LogP contribution in [0.15, 0.2) is 53.4 Å². The Morgan fingerprint density at radius 2 is 1.46 bits per heavy atom. The summed E-state index contributed by atoms with van der Waals surface area (Å²) in [5.74, 6) is -0.242. The van der Waals surface area contributed by atoms with E-state index in [1.54, 1.807) is 71.9 Å². The molecule has 0 atom stereocenters. The molecule has 0 radical (unpaired) electrons.